The lowest BCUT2D eigenvalue weighted by molar-refractivity contribution is 0.217. The van der Waals surface area contributed by atoms with Gasteiger partial charge in [0.1, 0.15) is 24.7 Å². The summed E-state index contributed by atoms with van der Waals surface area (Å²) in [5.74, 6) is 1.37. The molecule has 2 aromatic carbocycles. The predicted molar refractivity (Wildman–Crippen MR) is 78.3 cm³/mol. The minimum absolute atomic E-state index is 0.406. The highest BCUT2D eigenvalue weighted by Gasteiger charge is 1.99. The Kier molecular flexibility index (Phi) is 5.26. The quantitative estimate of drug-likeness (QED) is 0.383. The number of benzene rings is 2. The molecule has 0 spiro atoms. The maximum atomic E-state index is 8.40. The van der Waals surface area contributed by atoms with E-state index in [9.17, 15) is 0 Å². The fourth-order valence-electron chi connectivity index (χ4n) is 1.59. The molecule has 4 nitrogen and oxygen atoms in total. The summed E-state index contributed by atoms with van der Waals surface area (Å²) in [6, 6.07) is 14.5. The summed E-state index contributed by atoms with van der Waals surface area (Å²) in [7, 11) is 0. The van der Waals surface area contributed by atoms with Crippen LogP contribution >= 0.6 is 11.6 Å². The average Bonchev–Trinajstić information content (AvgIpc) is 2.47. The first kappa shape index (κ1) is 14.2. The van der Waals surface area contributed by atoms with Gasteiger partial charge in [-0.3, -0.25) is 0 Å². The molecule has 0 saturated heterocycles. The molecule has 5 heteroatoms. The third-order valence-corrected chi connectivity index (χ3v) is 2.85. The summed E-state index contributed by atoms with van der Waals surface area (Å²) in [6.07, 6.45) is 1.35. The second-order valence-corrected chi connectivity index (χ2v) is 4.35. The molecule has 0 unspecified atom stereocenters. The highest BCUT2D eigenvalue weighted by atomic mass is 35.5. The van der Waals surface area contributed by atoms with E-state index >= 15 is 0 Å². The van der Waals surface area contributed by atoms with E-state index in [1.54, 1.807) is 30.3 Å². The van der Waals surface area contributed by atoms with Crippen molar-refractivity contribution < 1.29 is 14.7 Å². The highest BCUT2D eigenvalue weighted by Crippen LogP contribution is 2.22. The maximum absolute atomic E-state index is 8.40. The van der Waals surface area contributed by atoms with E-state index in [0.29, 0.717) is 24.0 Å². The van der Waals surface area contributed by atoms with Crippen LogP contribution in [0.25, 0.3) is 0 Å². The number of rotatable bonds is 6. The Balaban J connectivity index is 1.77. The predicted octanol–water partition coefficient (Wildman–Crippen LogP) is 3.61. The molecule has 0 aliphatic carbocycles. The molecule has 2 rings (SSSR count). The minimum Gasteiger partial charge on any atom is -0.490 e. The Morgan fingerprint density at radius 1 is 1.00 bits per heavy atom. The van der Waals surface area contributed by atoms with Crippen LogP contribution in [-0.4, -0.2) is 24.6 Å². The van der Waals surface area contributed by atoms with Crippen molar-refractivity contribution >= 4 is 17.8 Å². The van der Waals surface area contributed by atoms with Gasteiger partial charge >= 0.3 is 0 Å². The third kappa shape index (κ3) is 4.17. The normalized spacial score (nSPS) is 10.7. The van der Waals surface area contributed by atoms with Crippen LogP contribution in [0.4, 0.5) is 0 Å². The standard InChI is InChI=1S/C15H14ClNO3/c16-14-3-1-2-4-15(14)20-10-9-19-13-7-5-12(6-8-13)11-17-18/h1-8,11,18H,9-10H2/b17-11+. The van der Waals surface area contributed by atoms with Crippen molar-refractivity contribution in [2.45, 2.75) is 0 Å². The highest BCUT2D eigenvalue weighted by molar-refractivity contribution is 6.32. The van der Waals surface area contributed by atoms with E-state index in [0.717, 1.165) is 11.3 Å². The molecule has 0 amide bonds. The molecule has 104 valence electrons. The lowest BCUT2D eigenvalue weighted by Gasteiger charge is -2.09. The molecule has 0 bridgehead atoms. The van der Waals surface area contributed by atoms with Crippen molar-refractivity contribution in [1.29, 1.82) is 0 Å². The van der Waals surface area contributed by atoms with Crippen molar-refractivity contribution in [3.05, 3.63) is 59.1 Å². The Labute approximate surface area is 122 Å². The number of hydrogen-bond donors (Lipinski definition) is 1. The Hall–Kier alpha value is -2.20. The van der Waals surface area contributed by atoms with Crippen LogP contribution in [0, 0.1) is 0 Å². The lowest BCUT2D eigenvalue weighted by Crippen LogP contribution is -2.09. The fourth-order valence-corrected chi connectivity index (χ4v) is 1.78. The van der Waals surface area contributed by atoms with Crippen LogP contribution in [0.2, 0.25) is 5.02 Å². The zero-order chi connectivity index (χ0) is 14.2. The zero-order valence-electron chi connectivity index (χ0n) is 10.7. The number of halogens is 1. The number of ether oxygens (including phenoxy) is 2. The summed E-state index contributed by atoms with van der Waals surface area (Å²) in [6.45, 7) is 0.822. The summed E-state index contributed by atoms with van der Waals surface area (Å²) < 4.78 is 11.0. The monoisotopic (exact) mass is 291 g/mol. The van der Waals surface area contributed by atoms with E-state index in [-0.39, 0.29) is 0 Å². The van der Waals surface area contributed by atoms with Crippen LogP contribution in [-0.2, 0) is 0 Å². The van der Waals surface area contributed by atoms with Crippen molar-refractivity contribution in [3.8, 4) is 11.5 Å². The first-order valence-corrected chi connectivity index (χ1v) is 6.45. The van der Waals surface area contributed by atoms with Gasteiger partial charge in [-0.25, -0.2) is 0 Å². The van der Waals surface area contributed by atoms with Crippen LogP contribution in [0.15, 0.2) is 53.7 Å². The SMILES string of the molecule is O/N=C/c1ccc(OCCOc2ccccc2Cl)cc1. The van der Waals surface area contributed by atoms with Gasteiger partial charge in [-0.2, -0.15) is 0 Å². The van der Waals surface area contributed by atoms with Crippen molar-refractivity contribution in [2.75, 3.05) is 13.2 Å². The Morgan fingerprint density at radius 2 is 1.70 bits per heavy atom. The van der Waals surface area contributed by atoms with E-state index < -0.39 is 0 Å². The van der Waals surface area contributed by atoms with Crippen LogP contribution in [0.1, 0.15) is 5.56 Å². The first-order valence-electron chi connectivity index (χ1n) is 6.07. The van der Waals surface area contributed by atoms with E-state index in [2.05, 4.69) is 5.16 Å². The molecule has 20 heavy (non-hydrogen) atoms. The molecule has 0 heterocycles. The van der Waals surface area contributed by atoms with Crippen LogP contribution in [0.5, 0.6) is 11.5 Å². The molecular weight excluding hydrogens is 278 g/mol. The molecule has 1 N–H and O–H groups in total. The Morgan fingerprint density at radius 3 is 2.40 bits per heavy atom. The molecule has 0 radical (unpaired) electrons. The molecule has 2 aromatic rings. The molecule has 0 saturated carbocycles. The van der Waals surface area contributed by atoms with E-state index in [1.807, 2.05) is 18.2 Å². The molecule has 0 aliphatic heterocycles. The topological polar surface area (TPSA) is 51.1 Å². The molecule has 0 aliphatic rings. The number of oxime groups is 1. The third-order valence-electron chi connectivity index (χ3n) is 2.53. The molecule has 0 aromatic heterocycles. The van der Waals surface area contributed by atoms with Crippen molar-refractivity contribution in [1.82, 2.24) is 0 Å². The maximum Gasteiger partial charge on any atom is 0.138 e. The van der Waals surface area contributed by atoms with Gasteiger partial charge in [0.15, 0.2) is 0 Å². The van der Waals surface area contributed by atoms with Crippen LogP contribution in [0.3, 0.4) is 0 Å². The summed E-state index contributed by atoms with van der Waals surface area (Å²) in [5, 5.41) is 11.9. The van der Waals surface area contributed by atoms with Crippen LogP contribution < -0.4 is 9.47 Å². The number of hydrogen-bond acceptors (Lipinski definition) is 4. The van der Waals surface area contributed by atoms with Crippen molar-refractivity contribution in [3.63, 3.8) is 0 Å². The van der Waals surface area contributed by atoms with Gasteiger partial charge in [0, 0.05) is 0 Å². The lowest BCUT2D eigenvalue weighted by atomic mass is 10.2. The van der Waals surface area contributed by atoms with Gasteiger partial charge in [-0.1, -0.05) is 28.9 Å². The summed E-state index contributed by atoms with van der Waals surface area (Å²) in [5.41, 5.74) is 0.798. The van der Waals surface area contributed by atoms with Gasteiger partial charge in [-0.05, 0) is 42.0 Å². The fraction of sp³-hybridized carbons (Fsp3) is 0.133. The van der Waals surface area contributed by atoms with E-state index in [1.165, 1.54) is 6.21 Å². The number of para-hydroxylation sites is 1. The minimum atomic E-state index is 0.406. The smallest absolute Gasteiger partial charge is 0.138 e. The van der Waals surface area contributed by atoms with Gasteiger partial charge in [0.2, 0.25) is 0 Å². The summed E-state index contributed by atoms with van der Waals surface area (Å²) in [4.78, 5) is 0. The second kappa shape index (κ2) is 7.40. The van der Waals surface area contributed by atoms with E-state index in [4.69, 9.17) is 26.3 Å². The second-order valence-electron chi connectivity index (χ2n) is 3.94. The van der Waals surface area contributed by atoms with Gasteiger partial charge in [0.05, 0.1) is 11.2 Å². The van der Waals surface area contributed by atoms with Gasteiger partial charge < -0.3 is 14.7 Å². The largest absolute Gasteiger partial charge is 0.490 e. The summed E-state index contributed by atoms with van der Waals surface area (Å²) >= 11 is 5.97. The van der Waals surface area contributed by atoms with Gasteiger partial charge in [0.25, 0.3) is 0 Å². The molecule has 0 atom stereocenters. The average molecular weight is 292 g/mol. The molecular formula is C15H14ClNO3. The zero-order valence-corrected chi connectivity index (χ0v) is 11.5. The number of nitrogens with zero attached hydrogens (tertiary/aromatic N) is 1. The van der Waals surface area contributed by atoms with Gasteiger partial charge in [-0.15, -0.1) is 0 Å². The van der Waals surface area contributed by atoms with Crippen molar-refractivity contribution in [2.24, 2.45) is 5.16 Å². The Bertz CT molecular complexity index is 570. The first-order chi connectivity index (χ1) is 9.79. The molecule has 0 fully saturated rings.